The summed E-state index contributed by atoms with van der Waals surface area (Å²) in [6.45, 7) is 11.3. The highest BCUT2D eigenvalue weighted by atomic mass is 16.6. The van der Waals surface area contributed by atoms with Crippen molar-refractivity contribution in [3.05, 3.63) is 60.1 Å². The van der Waals surface area contributed by atoms with Gasteiger partial charge in [-0.05, 0) is 62.6 Å². The summed E-state index contributed by atoms with van der Waals surface area (Å²) in [6.07, 6.45) is 6.75. The van der Waals surface area contributed by atoms with Gasteiger partial charge in [-0.2, -0.15) is 0 Å². The van der Waals surface area contributed by atoms with Crippen LogP contribution in [0.5, 0.6) is 0 Å². The van der Waals surface area contributed by atoms with E-state index in [9.17, 15) is 19.5 Å². The van der Waals surface area contributed by atoms with Crippen LogP contribution in [0.4, 0.5) is 4.79 Å². The summed E-state index contributed by atoms with van der Waals surface area (Å²) >= 11 is 0. The van der Waals surface area contributed by atoms with Crippen molar-refractivity contribution in [1.82, 2.24) is 16.0 Å². The maximum absolute atomic E-state index is 14.0. The lowest BCUT2D eigenvalue weighted by Gasteiger charge is -2.38. The maximum Gasteiger partial charge on any atom is 0.408 e. The molecule has 0 bridgehead atoms. The Labute approximate surface area is 262 Å². The predicted molar refractivity (Wildman–Crippen MR) is 171 cm³/mol. The first kappa shape index (κ1) is 35.2. The number of aliphatic hydroxyl groups excluding tert-OH is 1. The monoisotopic (exact) mass is 611 g/mol. The molecule has 244 valence electrons. The van der Waals surface area contributed by atoms with Gasteiger partial charge in [0.25, 0.3) is 0 Å². The van der Waals surface area contributed by atoms with Crippen LogP contribution in [0.2, 0.25) is 0 Å². The average molecular weight is 612 g/mol. The molecule has 1 aliphatic rings. The number of rotatable bonds is 14. The van der Waals surface area contributed by atoms with E-state index in [0.717, 1.165) is 37.7 Å². The number of benzene rings is 1. The van der Waals surface area contributed by atoms with Crippen molar-refractivity contribution in [2.75, 3.05) is 0 Å². The lowest BCUT2D eigenvalue weighted by molar-refractivity contribution is -0.132. The van der Waals surface area contributed by atoms with Crippen LogP contribution in [0.1, 0.15) is 104 Å². The summed E-state index contributed by atoms with van der Waals surface area (Å²) in [6, 6.07) is 10.4. The van der Waals surface area contributed by atoms with Gasteiger partial charge in [-0.15, -0.1) is 0 Å². The highest BCUT2D eigenvalue weighted by Gasteiger charge is 2.38. The molecule has 0 spiro atoms. The molecule has 3 amide bonds. The minimum atomic E-state index is -1.03. The normalized spacial score (nSPS) is 17.6. The number of ether oxygens (including phenoxy) is 1. The second-order valence-electron chi connectivity index (χ2n) is 13.5. The van der Waals surface area contributed by atoms with Gasteiger partial charge in [0.2, 0.25) is 11.8 Å². The molecule has 1 aromatic heterocycles. The number of carbonyl (C=O) groups is 3. The maximum atomic E-state index is 14.0. The molecule has 1 aromatic carbocycles. The average Bonchev–Trinajstić information content (AvgIpc) is 3.51. The zero-order chi connectivity index (χ0) is 32.3. The van der Waals surface area contributed by atoms with Crippen molar-refractivity contribution in [2.24, 2.45) is 17.8 Å². The van der Waals surface area contributed by atoms with Gasteiger partial charge in [-0.1, -0.05) is 89.6 Å². The molecule has 0 radical (unpaired) electrons. The molecule has 1 saturated carbocycles. The summed E-state index contributed by atoms with van der Waals surface area (Å²) in [7, 11) is 0. The zero-order valence-electron chi connectivity index (χ0n) is 27.3. The molecule has 44 heavy (non-hydrogen) atoms. The van der Waals surface area contributed by atoms with Crippen LogP contribution in [-0.4, -0.2) is 46.7 Å². The number of amides is 3. The largest absolute Gasteiger partial charge is 0.467 e. The van der Waals surface area contributed by atoms with Crippen molar-refractivity contribution < 1.29 is 28.6 Å². The van der Waals surface area contributed by atoms with Gasteiger partial charge < -0.3 is 30.2 Å². The Morgan fingerprint density at radius 3 is 2.16 bits per heavy atom. The third-order valence-electron chi connectivity index (χ3n) is 8.30. The first-order valence-electron chi connectivity index (χ1n) is 16.2. The van der Waals surface area contributed by atoms with Gasteiger partial charge in [0, 0.05) is 6.42 Å². The third kappa shape index (κ3) is 11.0. The topological polar surface area (TPSA) is 130 Å². The van der Waals surface area contributed by atoms with Gasteiger partial charge >= 0.3 is 6.09 Å². The molecule has 5 atom stereocenters. The number of hydrogen-bond donors (Lipinski definition) is 4. The van der Waals surface area contributed by atoms with E-state index in [1.165, 1.54) is 12.7 Å². The van der Waals surface area contributed by atoms with Crippen LogP contribution >= 0.6 is 0 Å². The number of alkyl carbamates (subject to hydrolysis) is 1. The van der Waals surface area contributed by atoms with Gasteiger partial charge in [0.1, 0.15) is 29.5 Å². The highest BCUT2D eigenvalue weighted by Crippen LogP contribution is 2.37. The fourth-order valence-corrected chi connectivity index (χ4v) is 6.25. The Morgan fingerprint density at radius 2 is 1.59 bits per heavy atom. The third-order valence-corrected chi connectivity index (χ3v) is 8.30. The first-order chi connectivity index (χ1) is 20.9. The molecular formula is C35H53N3O6. The van der Waals surface area contributed by atoms with E-state index < -0.39 is 41.8 Å². The molecule has 9 nitrogen and oxygen atoms in total. The highest BCUT2D eigenvalue weighted by molar-refractivity contribution is 5.91. The Bertz CT molecular complexity index is 1150. The van der Waals surface area contributed by atoms with Crippen molar-refractivity contribution in [3.63, 3.8) is 0 Å². The Kier molecular flexibility index (Phi) is 13.3. The Hall–Kier alpha value is -3.33. The second kappa shape index (κ2) is 16.7. The zero-order valence-corrected chi connectivity index (χ0v) is 27.3. The fourth-order valence-electron chi connectivity index (χ4n) is 6.25. The molecule has 1 unspecified atom stereocenters. The minimum absolute atomic E-state index is 0.0365. The number of carbonyl (C=O) groups excluding carboxylic acids is 3. The Morgan fingerprint density at radius 1 is 0.932 bits per heavy atom. The molecule has 1 fully saturated rings. The van der Waals surface area contributed by atoms with E-state index in [-0.39, 0.29) is 24.2 Å². The molecule has 3 rings (SSSR count). The molecule has 0 saturated heterocycles. The second-order valence-corrected chi connectivity index (χ2v) is 13.5. The molecule has 4 N–H and O–H groups in total. The Balaban J connectivity index is 1.84. The van der Waals surface area contributed by atoms with Gasteiger partial charge in [-0.3, -0.25) is 9.59 Å². The van der Waals surface area contributed by atoms with Gasteiger partial charge in [-0.25, -0.2) is 4.79 Å². The molecule has 9 heteroatoms. The summed E-state index contributed by atoms with van der Waals surface area (Å²) in [5.74, 6) is 0.0461. The summed E-state index contributed by atoms with van der Waals surface area (Å²) in [5, 5.41) is 20.3. The van der Waals surface area contributed by atoms with Crippen LogP contribution in [0.3, 0.4) is 0 Å². The quantitative estimate of drug-likeness (QED) is 0.205. The van der Waals surface area contributed by atoms with Crippen molar-refractivity contribution in [3.8, 4) is 0 Å². The van der Waals surface area contributed by atoms with Crippen molar-refractivity contribution in [1.29, 1.82) is 0 Å². The summed E-state index contributed by atoms with van der Waals surface area (Å²) in [4.78, 5) is 40.5. The number of aliphatic hydroxyl groups is 1. The molecule has 1 heterocycles. The van der Waals surface area contributed by atoms with Crippen LogP contribution in [0.15, 0.2) is 53.1 Å². The minimum Gasteiger partial charge on any atom is -0.467 e. The number of nitrogens with one attached hydrogen (secondary N) is 3. The van der Waals surface area contributed by atoms with Crippen LogP contribution < -0.4 is 16.0 Å². The van der Waals surface area contributed by atoms with E-state index in [4.69, 9.17) is 9.15 Å². The van der Waals surface area contributed by atoms with Crippen LogP contribution in [0, 0.1) is 17.8 Å². The number of furan rings is 1. The SMILES string of the molecule is CCC(C1CCCCC1)[C@@H](NC(=O)[C@H](CC(C)C)NC(=O)[C@H](Cc1ccccc1)NC(=O)OC(C)(C)C)[C@H](O)c1ccco1. The first-order valence-corrected chi connectivity index (χ1v) is 16.2. The molecule has 1 aliphatic carbocycles. The van der Waals surface area contributed by atoms with Crippen molar-refractivity contribution in [2.45, 2.75) is 123 Å². The standard InChI is InChI=1S/C35H53N3O6/c1-7-26(25-17-12-9-13-18-25)30(31(39)29-19-14-20-43-29)38-33(41)27(21-23(2)3)36-32(40)28(22-24-15-10-8-11-16-24)37-34(42)44-35(4,5)6/h8,10-11,14-16,19-20,23,25-28,30-31,39H,7,9,12-13,17-18,21-22H2,1-6H3,(H,36,40)(H,37,42)(H,38,41)/t26?,27-,28-,30+,31+/m0/s1. The fraction of sp³-hybridized carbons (Fsp3) is 0.629. The van der Waals surface area contributed by atoms with E-state index in [2.05, 4.69) is 22.9 Å². The molecular weight excluding hydrogens is 558 g/mol. The number of hydrogen-bond acceptors (Lipinski definition) is 6. The lowest BCUT2D eigenvalue weighted by Crippen LogP contribution is -2.57. The van der Waals surface area contributed by atoms with E-state index in [0.29, 0.717) is 18.1 Å². The molecule has 0 aliphatic heterocycles. The van der Waals surface area contributed by atoms with E-state index in [1.54, 1.807) is 32.9 Å². The van der Waals surface area contributed by atoms with Gasteiger partial charge in [0.15, 0.2) is 0 Å². The van der Waals surface area contributed by atoms with E-state index in [1.807, 2.05) is 44.2 Å². The van der Waals surface area contributed by atoms with Crippen LogP contribution in [0.25, 0.3) is 0 Å². The van der Waals surface area contributed by atoms with Gasteiger partial charge in [0.05, 0.1) is 12.3 Å². The van der Waals surface area contributed by atoms with Crippen molar-refractivity contribution >= 4 is 17.9 Å². The smallest absolute Gasteiger partial charge is 0.408 e. The summed E-state index contributed by atoms with van der Waals surface area (Å²) in [5.41, 5.74) is 0.115. The van der Waals surface area contributed by atoms with E-state index >= 15 is 0 Å². The molecule has 2 aromatic rings. The lowest BCUT2D eigenvalue weighted by atomic mass is 9.73. The predicted octanol–water partition coefficient (Wildman–Crippen LogP) is 6.07. The van der Waals surface area contributed by atoms with Crippen LogP contribution in [-0.2, 0) is 20.7 Å². The summed E-state index contributed by atoms with van der Waals surface area (Å²) < 4.78 is 11.0.